The van der Waals surface area contributed by atoms with Gasteiger partial charge in [0.1, 0.15) is 0 Å². The third kappa shape index (κ3) is 4.52. The molecule has 1 heterocycles. The summed E-state index contributed by atoms with van der Waals surface area (Å²) in [6, 6.07) is 9.51. The summed E-state index contributed by atoms with van der Waals surface area (Å²) in [5, 5.41) is 8.89. The minimum absolute atomic E-state index is 0.0658. The lowest BCUT2D eigenvalue weighted by Gasteiger charge is -2.15. The van der Waals surface area contributed by atoms with Gasteiger partial charge in [0.15, 0.2) is 0 Å². The van der Waals surface area contributed by atoms with Crippen LogP contribution in [0, 0.1) is 5.92 Å². The molecule has 1 unspecified atom stereocenters. The number of benzene rings is 1. The van der Waals surface area contributed by atoms with Crippen LogP contribution >= 0.6 is 0 Å². The highest BCUT2D eigenvalue weighted by molar-refractivity contribution is 7.89. The van der Waals surface area contributed by atoms with E-state index >= 15 is 0 Å². The molecule has 116 valence electrons. The van der Waals surface area contributed by atoms with E-state index in [1.807, 2.05) is 30.3 Å². The largest absolute Gasteiger partial charge is 0.481 e. The third-order valence-corrected chi connectivity index (χ3v) is 5.29. The summed E-state index contributed by atoms with van der Waals surface area (Å²) in [4.78, 5) is 10.8. The summed E-state index contributed by atoms with van der Waals surface area (Å²) in [5.74, 6) is -1.65. The zero-order valence-corrected chi connectivity index (χ0v) is 12.5. The lowest BCUT2D eigenvalue weighted by Crippen LogP contribution is -2.33. The topological polar surface area (TPSA) is 83.9 Å². The molecule has 0 saturated carbocycles. The van der Waals surface area contributed by atoms with Crippen LogP contribution in [0.5, 0.6) is 0 Å². The van der Waals surface area contributed by atoms with Crippen molar-refractivity contribution in [3.8, 4) is 0 Å². The number of carboxylic acid groups (broad SMARTS) is 1. The van der Waals surface area contributed by atoms with Crippen molar-refractivity contribution in [2.24, 2.45) is 5.92 Å². The summed E-state index contributed by atoms with van der Waals surface area (Å²) < 4.78 is 30.7. The van der Waals surface area contributed by atoms with Gasteiger partial charge in [-0.3, -0.25) is 4.79 Å². The molecule has 1 saturated heterocycles. The van der Waals surface area contributed by atoms with Gasteiger partial charge in [-0.05, 0) is 12.0 Å². The molecule has 0 aliphatic carbocycles. The number of ether oxygens (including phenoxy) is 1. The first-order valence-electron chi connectivity index (χ1n) is 6.81. The molecule has 0 aromatic heterocycles. The molecular formula is C14H19NO5S. The van der Waals surface area contributed by atoms with Crippen LogP contribution in [0.1, 0.15) is 12.0 Å². The van der Waals surface area contributed by atoms with Crippen LogP contribution in [0.15, 0.2) is 30.3 Å². The maximum Gasteiger partial charge on any atom is 0.307 e. The molecule has 0 amide bonds. The van der Waals surface area contributed by atoms with Crippen molar-refractivity contribution in [1.82, 2.24) is 4.31 Å². The summed E-state index contributed by atoms with van der Waals surface area (Å²) in [7, 11) is -3.44. The zero-order chi connectivity index (χ0) is 15.3. The first kappa shape index (κ1) is 15.9. The van der Waals surface area contributed by atoms with Crippen molar-refractivity contribution in [1.29, 1.82) is 0 Å². The molecule has 6 nitrogen and oxygen atoms in total. The summed E-state index contributed by atoms with van der Waals surface area (Å²) in [5.41, 5.74) is 0.988. The average Bonchev–Trinajstić information content (AvgIpc) is 2.96. The van der Waals surface area contributed by atoms with E-state index in [1.54, 1.807) is 0 Å². The van der Waals surface area contributed by atoms with E-state index in [2.05, 4.69) is 0 Å². The van der Waals surface area contributed by atoms with Gasteiger partial charge >= 0.3 is 5.97 Å². The molecule has 0 spiro atoms. The van der Waals surface area contributed by atoms with Crippen molar-refractivity contribution in [3.63, 3.8) is 0 Å². The molecule has 1 aliphatic rings. The van der Waals surface area contributed by atoms with Gasteiger partial charge in [0.2, 0.25) is 10.0 Å². The predicted molar refractivity (Wildman–Crippen MR) is 77.2 cm³/mol. The van der Waals surface area contributed by atoms with Gasteiger partial charge in [-0.2, -0.15) is 0 Å². The van der Waals surface area contributed by atoms with E-state index in [0.717, 1.165) is 5.56 Å². The molecule has 21 heavy (non-hydrogen) atoms. The first-order chi connectivity index (χ1) is 9.99. The molecule has 1 aromatic rings. The second kappa shape index (κ2) is 7.02. The molecule has 7 heteroatoms. The monoisotopic (exact) mass is 313 g/mol. The van der Waals surface area contributed by atoms with Crippen molar-refractivity contribution >= 4 is 16.0 Å². The van der Waals surface area contributed by atoms with E-state index in [1.165, 1.54) is 4.31 Å². The molecule has 1 aliphatic heterocycles. The highest BCUT2D eigenvalue weighted by Gasteiger charge is 2.34. The van der Waals surface area contributed by atoms with Crippen molar-refractivity contribution in [3.05, 3.63) is 35.9 Å². The quantitative estimate of drug-likeness (QED) is 0.757. The Morgan fingerprint density at radius 2 is 2.05 bits per heavy atom. The lowest BCUT2D eigenvalue weighted by atomic mass is 10.1. The third-order valence-electron chi connectivity index (χ3n) is 3.49. The van der Waals surface area contributed by atoms with Gasteiger partial charge in [0.25, 0.3) is 0 Å². The number of hydrogen-bond acceptors (Lipinski definition) is 4. The Balaban J connectivity index is 1.76. The predicted octanol–water partition coefficient (Wildman–Crippen LogP) is 0.939. The van der Waals surface area contributed by atoms with Gasteiger partial charge in [0, 0.05) is 13.1 Å². The van der Waals surface area contributed by atoms with Crippen molar-refractivity contribution in [2.75, 3.05) is 25.4 Å². The van der Waals surface area contributed by atoms with Crippen LogP contribution in [-0.4, -0.2) is 49.2 Å². The van der Waals surface area contributed by atoms with Crippen LogP contribution in [0.2, 0.25) is 0 Å². The zero-order valence-electron chi connectivity index (χ0n) is 11.6. The molecular weight excluding hydrogens is 294 g/mol. The Hall–Kier alpha value is -1.44. The van der Waals surface area contributed by atoms with E-state index in [9.17, 15) is 13.2 Å². The second-order valence-corrected chi connectivity index (χ2v) is 7.12. The van der Waals surface area contributed by atoms with Crippen molar-refractivity contribution in [2.45, 2.75) is 13.0 Å². The van der Waals surface area contributed by atoms with E-state index in [4.69, 9.17) is 9.84 Å². The summed E-state index contributed by atoms with van der Waals surface area (Å²) in [6.07, 6.45) is 0.374. The minimum atomic E-state index is -3.44. The molecule has 1 N–H and O–H groups in total. The molecule has 1 fully saturated rings. The highest BCUT2D eigenvalue weighted by atomic mass is 32.2. The maximum atomic E-state index is 12.1. The van der Waals surface area contributed by atoms with Crippen LogP contribution in [0.4, 0.5) is 0 Å². The fraction of sp³-hybridized carbons (Fsp3) is 0.500. The Kier molecular flexibility index (Phi) is 5.33. The summed E-state index contributed by atoms with van der Waals surface area (Å²) >= 11 is 0. The SMILES string of the molecule is O=C(O)C1CCN(S(=O)(=O)CCOCc2ccccc2)C1. The molecule has 0 radical (unpaired) electrons. The van der Waals surface area contributed by atoms with Crippen LogP contribution in [-0.2, 0) is 26.2 Å². The Bertz CT molecular complexity index is 572. The number of aliphatic carboxylic acids is 1. The van der Waals surface area contributed by atoms with Crippen molar-refractivity contribution < 1.29 is 23.1 Å². The maximum absolute atomic E-state index is 12.1. The van der Waals surface area contributed by atoms with Crippen LogP contribution in [0.3, 0.4) is 0 Å². The van der Waals surface area contributed by atoms with E-state index in [0.29, 0.717) is 13.0 Å². The molecule has 0 bridgehead atoms. The molecule has 1 atom stereocenters. The van der Waals surface area contributed by atoms with Gasteiger partial charge in [-0.1, -0.05) is 30.3 Å². The van der Waals surface area contributed by atoms with Gasteiger partial charge in [-0.25, -0.2) is 12.7 Å². The van der Waals surface area contributed by atoms with Crippen LogP contribution in [0.25, 0.3) is 0 Å². The number of carbonyl (C=O) groups is 1. The lowest BCUT2D eigenvalue weighted by molar-refractivity contribution is -0.141. The van der Waals surface area contributed by atoms with Gasteiger partial charge < -0.3 is 9.84 Å². The molecule has 1 aromatic carbocycles. The van der Waals surface area contributed by atoms with Gasteiger partial charge in [-0.15, -0.1) is 0 Å². The summed E-state index contributed by atoms with van der Waals surface area (Å²) in [6.45, 7) is 0.813. The Morgan fingerprint density at radius 3 is 2.67 bits per heavy atom. The fourth-order valence-electron chi connectivity index (χ4n) is 2.24. The normalized spacial score (nSPS) is 19.7. The number of rotatable bonds is 7. The average molecular weight is 313 g/mol. The van der Waals surface area contributed by atoms with Gasteiger partial charge in [0.05, 0.1) is 24.9 Å². The standard InChI is InChI=1S/C14H19NO5S/c16-14(17)13-6-7-15(10-13)21(18,19)9-8-20-11-12-4-2-1-3-5-12/h1-5,13H,6-11H2,(H,16,17). The number of carboxylic acids is 1. The Morgan fingerprint density at radius 1 is 1.33 bits per heavy atom. The van der Waals surface area contributed by atoms with Crippen LogP contribution < -0.4 is 0 Å². The molecule has 2 rings (SSSR count). The Labute approximate surface area is 124 Å². The fourth-order valence-corrected chi connectivity index (χ4v) is 3.62. The second-order valence-electron chi connectivity index (χ2n) is 5.04. The number of nitrogens with zero attached hydrogens (tertiary/aromatic N) is 1. The minimum Gasteiger partial charge on any atom is -0.481 e. The first-order valence-corrected chi connectivity index (χ1v) is 8.42. The van der Waals surface area contributed by atoms with E-state index < -0.39 is 21.9 Å². The highest BCUT2D eigenvalue weighted by Crippen LogP contribution is 2.19. The number of sulfonamides is 1. The smallest absolute Gasteiger partial charge is 0.307 e. The number of hydrogen-bond donors (Lipinski definition) is 1. The van der Waals surface area contributed by atoms with E-state index in [-0.39, 0.29) is 25.4 Å².